The second-order valence-corrected chi connectivity index (χ2v) is 4.25. The fourth-order valence-corrected chi connectivity index (χ4v) is 1.64. The maximum Gasteiger partial charge on any atom is 0.264 e. The standard InChI is InChI=1S/C12H11ClN4O2/c13-9-3-1-2-8(4-9)7-14-16-11(18)5-10-6-12(19)17-15-10/h1-4,6-7H,5H2,(H,16,18)(H2,15,17,19)/b14-7-. The number of amides is 1. The summed E-state index contributed by atoms with van der Waals surface area (Å²) in [6.45, 7) is 0. The van der Waals surface area contributed by atoms with Crippen LogP contribution in [0.5, 0.6) is 0 Å². The number of hydrogen-bond acceptors (Lipinski definition) is 3. The third kappa shape index (κ3) is 4.11. The predicted octanol–water partition coefficient (Wildman–Crippen LogP) is 1.05. The minimum Gasteiger partial charge on any atom is -0.302 e. The highest BCUT2D eigenvalue weighted by Crippen LogP contribution is 2.08. The summed E-state index contributed by atoms with van der Waals surface area (Å²) in [7, 11) is 0. The first-order chi connectivity index (χ1) is 9.13. The Kier molecular flexibility index (Phi) is 4.15. The zero-order valence-electron chi connectivity index (χ0n) is 9.81. The normalized spacial score (nSPS) is 10.8. The minimum absolute atomic E-state index is 0.0472. The van der Waals surface area contributed by atoms with Gasteiger partial charge >= 0.3 is 0 Å². The molecule has 98 valence electrons. The fourth-order valence-electron chi connectivity index (χ4n) is 1.45. The van der Waals surface area contributed by atoms with Gasteiger partial charge in [0, 0.05) is 16.8 Å². The van der Waals surface area contributed by atoms with Crippen molar-refractivity contribution in [1.82, 2.24) is 15.6 Å². The summed E-state index contributed by atoms with van der Waals surface area (Å²) in [5.74, 6) is -0.325. The van der Waals surface area contributed by atoms with E-state index in [1.54, 1.807) is 18.2 Å². The van der Waals surface area contributed by atoms with Gasteiger partial charge in [0.1, 0.15) is 0 Å². The number of nitrogens with zero attached hydrogens (tertiary/aromatic N) is 1. The molecule has 1 heterocycles. The van der Waals surface area contributed by atoms with E-state index in [0.717, 1.165) is 5.56 Å². The van der Waals surface area contributed by atoms with Crippen LogP contribution in [0.4, 0.5) is 0 Å². The summed E-state index contributed by atoms with van der Waals surface area (Å²) in [6.07, 6.45) is 1.54. The molecule has 0 atom stereocenters. The monoisotopic (exact) mass is 278 g/mol. The molecule has 3 N–H and O–H groups in total. The van der Waals surface area contributed by atoms with Gasteiger partial charge in [-0.25, -0.2) is 5.43 Å². The van der Waals surface area contributed by atoms with Gasteiger partial charge in [-0.1, -0.05) is 23.7 Å². The van der Waals surface area contributed by atoms with Crippen LogP contribution in [0.3, 0.4) is 0 Å². The van der Waals surface area contributed by atoms with Gasteiger partial charge in [0.05, 0.1) is 12.6 Å². The van der Waals surface area contributed by atoms with Crippen LogP contribution >= 0.6 is 11.6 Å². The zero-order valence-corrected chi connectivity index (χ0v) is 10.6. The minimum atomic E-state index is -0.325. The van der Waals surface area contributed by atoms with Gasteiger partial charge in [0.25, 0.3) is 5.56 Å². The molecule has 0 saturated carbocycles. The number of halogens is 1. The van der Waals surface area contributed by atoms with E-state index in [2.05, 4.69) is 20.7 Å². The molecule has 0 aliphatic heterocycles. The van der Waals surface area contributed by atoms with Gasteiger partial charge in [-0.05, 0) is 17.7 Å². The topological polar surface area (TPSA) is 90.1 Å². The maximum atomic E-state index is 11.5. The third-order valence-electron chi connectivity index (χ3n) is 2.25. The Bertz CT molecular complexity index is 659. The van der Waals surface area contributed by atoms with Gasteiger partial charge < -0.3 is 5.10 Å². The molecule has 0 radical (unpaired) electrons. The van der Waals surface area contributed by atoms with Crippen LogP contribution in [0, 0.1) is 0 Å². The van der Waals surface area contributed by atoms with Crippen LogP contribution in [-0.4, -0.2) is 22.3 Å². The third-order valence-corrected chi connectivity index (χ3v) is 2.49. The molecule has 0 fully saturated rings. The number of hydrazone groups is 1. The molecule has 6 nitrogen and oxygen atoms in total. The summed E-state index contributed by atoms with van der Waals surface area (Å²) in [5.41, 5.74) is 3.37. The van der Waals surface area contributed by atoms with Gasteiger partial charge in [-0.3, -0.25) is 14.7 Å². The number of aromatic nitrogens is 2. The average Bonchev–Trinajstić information content (AvgIpc) is 2.75. The number of benzene rings is 1. The Morgan fingerprint density at radius 2 is 2.21 bits per heavy atom. The van der Waals surface area contributed by atoms with E-state index < -0.39 is 0 Å². The molecule has 0 spiro atoms. The summed E-state index contributed by atoms with van der Waals surface area (Å²) in [5, 5.41) is 9.33. The highest BCUT2D eigenvalue weighted by molar-refractivity contribution is 6.30. The molecule has 1 amide bonds. The lowest BCUT2D eigenvalue weighted by Crippen LogP contribution is -2.20. The van der Waals surface area contributed by atoms with Crippen LogP contribution < -0.4 is 11.0 Å². The summed E-state index contributed by atoms with van der Waals surface area (Å²) < 4.78 is 0. The number of rotatable bonds is 4. The smallest absolute Gasteiger partial charge is 0.264 e. The van der Waals surface area contributed by atoms with E-state index in [1.165, 1.54) is 12.3 Å². The largest absolute Gasteiger partial charge is 0.302 e. The zero-order chi connectivity index (χ0) is 13.7. The Hall–Kier alpha value is -2.34. The molecule has 19 heavy (non-hydrogen) atoms. The average molecular weight is 279 g/mol. The number of aromatic amines is 2. The maximum absolute atomic E-state index is 11.5. The van der Waals surface area contributed by atoms with Crippen LogP contribution in [0.25, 0.3) is 0 Å². The molecule has 2 aromatic rings. The molecule has 0 aliphatic rings. The van der Waals surface area contributed by atoms with Crippen molar-refractivity contribution in [2.75, 3.05) is 0 Å². The van der Waals surface area contributed by atoms with Crippen LogP contribution in [-0.2, 0) is 11.2 Å². The van der Waals surface area contributed by atoms with Crippen LogP contribution in [0.15, 0.2) is 40.2 Å². The van der Waals surface area contributed by atoms with Crippen molar-refractivity contribution in [3.63, 3.8) is 0 Å². The summed E-state index contributed by atoms with van der Waals surface area (Å²) >= 11 is 5.81. The number of carbonyl (C=O) groups excluding carboxylic acids is 1. The molecule has 7 heteroatoms. The van der Waals surface area contributed by atoms with Crippen LogP contribution in [0.2, 0.25) is 5.02 Å². The molecular weight excluding hydrogens is 268 g/mol. The Labute approximate surface area is 113 Å². The van der Waals surface area contributed by atoms with Gasteiger partial charge in [-0.15, -0.1) is 0 Å². The second kappa shape index (κ2) is 6.01. The molecule has 1 aromatic heterocycles. The molecule has 0 saturated heterocycles. The molecule has 1 aromatic carbocycles. The number of nitrogens with one attached hydrogen (secondary N) is 3. The summed E-state index contributed by atoms with van der Waals surface area (Å²) in [6, 6.07) is 8.39. The van der Waals surface area contributed by atoms with E-state index in [-0.39, 0.29) is 17.9 Å². The van der Waals surface area contributed by atoms with E-state index in [1.807, 2.05) is 6.07 Å². The lowest BCUT2D eigenvalue weighted by atomic mass is 10.2. The highest BCUT2D eigenvalue weighted by atomic mass is 35.5. The van der Waals surface area contributed by atoms with Gasteiger partial charge in [-0.2, -0.15) is 5.10 Å². The molecule has 0 aliphatic carbocycles. The summed E-state index contributed by atoms with van der Waals surface area (Å²) in [4.78, 5) is 22.3. The highest BCUT2D eigenvalue weighted by Gasteiger charge is 2.03. The van der Waals surface area contributed by atoms with Crippen molar-refractivity contribution < 1.29 is 4.79 Å². The molecular formula is C12H11ClN4O2. The SMILES string of the molecule is O=C(Cc1cc(=O)[nH][nH]1)N/N=C\c1cccc(Cl)c1. The lowest BCUT2D eigenvalue weighted by molar-refractivity contribution is -0.120. The first-order valence-corrected chi connectivity index (χ1v) is 5.85. The van der Waals surface area contributed by atoms with E-state index >= 15 is 0 Å². The predicted molar refractivity (Wildman–Crippen MR) is 72.3 cm³/mol. The fraction of sp³-hybridized carbons (Fsp3) is 0.0833. The first-order valence-electron chi connectivity index (χ1n) is 5.47. The van der Waals surface area contributed by atoms with Crippen molar-refractivity contribution in [3.05, 3.63) is 57.0 Å². The van der Waals surface area contributed by atoms with Crippen molar-refractivity contribution in [2.45, 2.75) is 6.42 Å². The quantitative estimate of drug-likeness (QED) is 0.576. The molecule has 2 rings (SSSR count). The lowest BCUT2D eigenvalue weighted by Gasteiger charge is -1.97. The Morgan fingerprint density at radius 3 is 2.89 bits per heavy atom. The van der Waals surface area contributed by atoms with Gasteiger partial charge in [0.15, 0.2) is 0 Å². The Morgan fingerprint density at radius 1 is 1.37 bits per heavy atom. The molecule has 0 unspecified atom stereocenters. The number of hydrogen-bond donors (Lipinski definition) is 3. The van der Waals surface area contributed by atoms with Crippen molar-refractivity contribution in [1.29, 1.82) is 0 Å². The number of H-pyrrole nitrogens is 2. The van der Waals surface area contributed by atoms with Crippen LogP contribution in [0.1, 0.15) is 11.3 Å². The Balaban J connectivity index is 1.88. The van der Waals surface area contributed by atoms with E-state index in [4.69, 9.17) is 11.6 Å². The van der Waals surface area contributed by atoms with E-state index in [0.29, 0.717) is 10.7 Å². The van der Waals surface area contributed by atoms with Crippen molar-refractivity contribution in [2.24, 2.45) is 5.10 Å². The first kappa shape index (κ1) is 13.1. The number of carbonyl (C=O) groups is 1. The van der Waals surface area contributed by atoms with Crippen molar-refractivity contribution >= 4 is 23.7 Å². The van der Waals surface area contributed by atoms with E-state index in [9.17, 15) is 9.59 Å². The van der Waals surface area contributed by atoms with Gasteiger partial charge in [0.2, 0.25) is 5.91 Å². The second-order valence-electron chi connectivity index (χ2n) is 3.81. The van der Waals surface area contributed by atoms with Crippen molar-refractivity contribution in [3.8, 4) is 0 Å². The molecule has 0 bridgehead atoms.